The second-order valence-electron chi connectivity index (χ2n) is 3.92. The molecule has 0 fully saturated rings. The quantitative estimate of drug-likeness (QED) is 0.617. The molecule has 0 aliphatic carbocycles. The lowest BCUT2D eigenvalue weighted by molar-refractivity contribution is -0.137. The maximum absolute atomic E-state index is 13.1. The maximum Gasteiger partial charge on any atom is 0.330 e. The van der Waals surface area contributed by atoms with Crippen LogP contribution in [0.2, 0.25) is 0 Å². The first-order chi connectivity index (χ1) is 8.61. The van der Waals surface area contributed by atoms with Gasteiger partial charge in [0.05, 0.1) is 6.61 Å². The van der Waals surface area contributed by atoms with Gasteiger partial charge in [-0.3, -0.25) is 0 Å². The maximum atomic E-state index is 13.1. The average molecular weight is 247 g/mol. The van der Waals surface area contributed by atoms with E-state index in [4.69, 9.17) is 4.74 Å². The van der Waals surface area contributed by atoms with Gasteiger partial charge in [0.15, 0.2) is 0 Å². The smallest absolute Gasteiger partial charge is 0.330 e. The third-order valence-corrected chi connectivity index (χ3v) is 2.72. The van der Waals surface area contributed by atoms with Gasteiger partial charge in [-0.25, -0.2) is 9.18 Å². The van der Waals surface area contributed by atoms with Crippen molar-refractivity contribution in [2.75, 3.05) is 6.61 Å². The van der Waals surface area contributed by atoms with Crippen molar-refractivity contribution in [1.29, 1.82) is 0 Å². The minimum atomic E-state index is -0.381. The monoisotopic (exact) mass is 247 g/mol. The largest absolute Gasteiger partial charge is 0.463 e. The van der Waals surface area contributed by atoms with Crippen LogP contribution in [0.3, 0.4) is 0 Å². The summed E-state index contributed by atoms with van der Waals surface area (Å²) in [6.45, 7) is 2.11. The van der Waals surface area contributed by atoms with Crippen LogP contribution in [0.1, 0.15) is 12.6 Å². The fourth-order valence-corrected chi connectivity index (χ4v) is 1.85. The topological polar surface area (TPSA) is 31.2 Å². The van der Waals surface area contributed by atoms with E-state index >= 15 is 0 Å². The first kappa shape index (κ1) is 12.4. The molecule has 18 heavy (non-hydrogen) atoms. The van der Waals surface area contributed by atoms with Crippen molar-refractivity contribution in [2.45, 2.75) is 6.92 Å². The number of benzene rings is 1. The van der Waals surface area contributed by atoms with E-state index < -0.39 is 0 Å². The second kappa shape index (κ2) is 5.04. The van der Waals surface area contributed by atoms with E-state index in [0.717, 1.165) is 16.6 Å². The zero-order valence-corrected chi connectivity index (χ0v) is 10.3. The zero-order chi connectivity index (χ0) is 13.1. The standard InChI is InChI=1S/C14H14FNO2/c1-3-18-14(17)7-5-12-9-10-8-11(15)4-6-13(10)16(12)2/h4-9H,3H2,1-2H3/b7-5+. The Labute approximate surface area is 104 Å². The molecule has 0 bridgehead atoms. The Hall–Kier alpha value is -2.10. The molecule has 0 atom stereocenters. The minimum absolute atomic E-state index is 0.269. The molecule has 0 spiro atoms. The third-order valence-electron chi connectivity index (χ3n) is 2.72. The van der Waals surface area contributed by atoms with Crippen LogP contribution < -0.4 is 0 Å². The van der Waals surface area contributed by atoms with Crippen LogP contribution in [-0.4, -0.2) is 17.1 Å². The molecule has 94 valence electrons. The fraction of sp³-hybridized carbons (Fsp3) is 0.214. The van der Waals surface area contributed by atoms with Crippen LogP contribution >= 0.6 is 0 Å². The number of aromatic nitrogens is 1. The van der Waals surface area contributed by atoms with Gasteiger partial charge < -0.3 is 9.30 Å². The molecule has 0 aliphatic heterocycles. The number of aryl methyl sites for hydroxylation is 1. The molecule has 1 aromatic carbocycles. The lowest BCUT2D eigenvalue weighted by Gasteiger charge is -1.99. The summed E-state index contributed by atoms with van der Waals surface area (Å²) in [7, 11) is 1.87. The number of hydrogen-bond donors (Lipinski definition) is 0. The van der Waals surface area contributed by atoms with Crippen LogP contribution in [0.4, 0.5) is 4.39 Å². The normalized spacial score (nSPS) is 11.3. The number of carbonyl (C=O) groups excluding carboxylic acids is 1. The summed E-state index contributed by atoms with van der Waals surface area (Å²) in [6.07, 6.45) is 3.03. The molecule has 1 heterocycles. The molecule has 0 amide bonds. The highest BCUT2D eigenvalue weighted by molar-refractivity contribution is 5.89. The number of halogens is 1. The Balaban J connectivity index is 2.34. The number of carbonyl (C=O) groups is 1. The SMILES string of the molecule is CCOC(=O)/C=C/c1cc2cc(F)ccc2n1C. The van der Waals surface area contributed by atoms with Crippen LogP contribution in [-0.2, 0) is 16.6 Å². The van der Waals surface area contributed by atoms with E-state index in [0.29, 0.717) is 6.61 Å². The van der Waals surface area contributed by atoms with Gasteiger partial charge in [-0.05, 0) is 37.3 Å². The molecule has 0 unspecified atom stereocenters. The summed E-state index contributed by atoms with van der Waals surface area (Å²) in [5, 5.41) is 0.806. The highest BCUT2D eigenvalue weighted by atomic mass is 19.1. The molecular weight excluding hydrogens is 233 g/mol. The van der Waals surface area contributed by atoms with E-state index in [9.17, 15) is 9.18 Å². The molecule has 0 radical (unpaired) electrons. The Bertz CT molecular complexity index is 614. The van der Waals surface area contributed by atoms with E-state index in [1.54, 1.807) is 19.1 Å². The van der Waals surface area contributed by atoms with Gasteiger partial charge in [-0.1, -0.05) is 0 Å². The first-order valence-corrected chi connectivity index (χ1v) is 5.71. The van der Waals surface area contributed by atoms with Gasteiger partial charge in [0.25, 0.3) is 0 Å². The fourth-order valence-electron chi connectivity index (χ4n) is 1.85. The number of esters is 1. The Morgan fingerprint density at radius 1 is 1.44 bits per heavy atom. The minimum Gasteiger partial charge on any atom is -0.463 e. The van der Waals surface area contributed by atoms with Gasteiger partial charge in [0.2, 0.25) is 0 Å². The first-order valence-electron chi connectivity index (χ1n) is 5.71. The highest BCUT2D eigenvalue weighted by Crippen LogP contribution is 2.20. The van der Waals surface area contributed by atoms with Crippen molar-refractivity contribution < 1.29 is 13.9 Å². The summed E-state index contributed by atoms with van der Waals surface area (Å²) >= 11 is 0. The molecule has 0 N–H and O–H groups in total. The van der Waals surface area contributed by atoms with Gasteiger partial charge in [-0.15, -0.1) is 0 Å². The molecule has 0 saturated heterocycles. The van der Waals surface area contributed by atoms with Crippen molar-refractivity contribution in [3.63, 3.8) is 0 Å². The van der Waals surface area contributed by atoms with Crippen molar-refractivity contribution >= 4 is 22.9 Å². The molecule has 2 aromatic rings. The third kappa shape index (κ3) is 2.42. The van der Waals surface area contributed by atoms with Gasteiger partial charge >= 0.3 is 5.97 Å². The summed E-state index contributed by atoms with van der Waals surface area (Å²) in [6, 6.07) is 6.43. The van der Waals surface area contributed by atoms with Crippen molar-refractivity contribution in [2.24, 2.45) is 7.05 Å². The predicted molar refractivity (Wildman–Crippen MR) is 68.5 cm³/mol. The van der Waals surface area contributed by atoms with Crippen LogP contribution in [0, 0.1) is 5.82 Å². The molecular formula is C14H14FNO2. The molecule has 0 saturated carbocycles. The second-order valence-corrected chi connectivity index (χ2v) is 3.92. The van der Waals surface area contributed by atoms with Crippen LogP contribution in [0.15, 0.2) is 30.3 Å². The van der Waals surface area contributed by atoms with Crippen LogP contribution in [0.5, 0.6) is 0 Å². The average Bonchev–Trinajstić information content (AvgIpc) is 2.63. The molecule has 3 nitrogen and oxygen atoms in total. The van der Waals surface area contributed by atoms with E-state index in [1.165, 1.54) is 18.2 Å². The molecule has 4 heteroatoms. The Morgan fingerprint density at radius 3 is 2.94 bits per heavy atom. The van der Waals surface area contributed by atoms with Gasteiger partial charge in [0, 0.05) is 29.7 Å². The number of rotatable bonds is 3. The molecule has 0 aliphatic rings. The van der Waals surface area contributed by atoms with Crippen LogP contribution in [0.25, 0.3) is 17.0 Å². The summed E-state index contributed by atoms with van der Waals surface area (Å²) in [5.41, 5.74) is 1.74. The number of nitrogens with zero attached hydrogens (tertiary/aromatic N) is 1. The van der Waals surface area contributed by atoms with Crippen molar-refractivity contribution in [3.8, 4) is 0 Å². The zero-order valence-electron chi connectivity index (χ0n) is 10.3. The van der Waals surface area contributed by atoms with Crippen molar-refractivity contribution in [3.05, 3.63) is 41.9 Å². The Kier molecular flexibility index (Phi) is 3.46. The van der Waals surface area contributed by atoms with E-state index in [2.05, 4.69) is 0 Å². The van der Waals surface area contributed by atoms with Gasteiger partial charge in [-0.2, -0.15) is 0 Å². The highest BCUT2D eigenvalue weighted by Gasteiger charge is 2.04. The Morgan fingerprint density at radius 2 is 2.22 bits per heavy atom. The number of ether oxygens (including phenoxy) is 1. The number of fused-ring (bicyclic) bond motifs is 1. The lowest BCUT2D eigenvalue weighted by atomic mass is 10.2. The molecule has 2 rings (SSSR count). The van der Waals surface area contributed by atoms with E-state index in [1.807, 2.05) is 17.7 Å². The summed E-state index contributed by atoms with van der Waals surface area (Å²) in [4.78, 5) is 11.2. The predicted octanol–water partition coefficient (Wildman–Crippen LogP) is 2.89. The summed E-state index contributed by atoms with van der Waals surface area (Å²) < 4.78 is 19.8. The van der Waals surface area contributed by atoms with Crippen molar-refractivity contribution in [1.82, 2.24) is 4.57 Å². The lowest BCUT2D eigenvalue weighted by Crippen LogP contribution is -1.99. The van der Waals surface area contributed by atoms with E-state index in [-0.39, 0.29) is 11.8 Å². The van der Waals surface area contributed by atoms with Gasteiger partial charge in [0.1, 0.15) is 5.82 Å². The number of hydrogen-bond acceptors (Lipinski definition) is 2. The summed E-state index contributed by atoms with van der Waals surface area (Å²) in [5.74, 6) is -0.650. The molecule has 1 aromatic heterocycles.